The topological polar surface area (TPSA) is 77.1 Å². The number of rotatable bonds is 4. The predicted octanol–water partition coefficient (Wildman–Crippen LogP) is 3.59. The molecule has 0 bridgehead atoms. The van der Waals surface area contributed by atoms with E-state index in [1.807, 2.05) is 35.0 Å². The van der Waals surface area contributed by atoms with E-state index in [2.05, 4.69) is 41.2 Å². The van der Waals surface area contributed by atoms with Gasteiger partial charge in [-0.05, 0) is 12.1 Å². The van der Waals surface area contributed by atoms with Crippen LogP contribution in [0.5, 0.6) is 0 Å². The molecule has 0 aliphatic rings. The molecule has 27 heavy (non-hydrogen) atoms. The van der Waals surface area contributed by atoms with Gasteiger partial charge in [0.15, 0.2) is 0 Å². The molecule has 4 aromatic rings. The Kier molecular flexibility index (Phi) is 4.27. The van der Waals surface area contributed by atoms with E-state index in [-0.39, 0.29) is 11.3 Å². The van der Waals surface area contributed by atoms with Crippen molar-refractivity contribution in [2.75, 3.05) is 5.32 Å². The van der Waals surface area contributed by atoms with Crippen LogP contribution in [0.2, 0.25) is 0 Å². The SMILES string of the molecule is CC(C)(C)c1ncc(C(=O)Nc2cnn(Cc3cn4ccccc4n3)c2)s1. The number of pyridine rings is 1. The Morgan fingerprint density at radius 2 is 2.07 bits per heavy atom. The van der Waals surface area contributed by atoms with Crippen LogP contribution in [0.3, 0.4) is 0 Å². The Hall–Kier alpha value is -3.00. The summed E-state index contributed by atoms with van der Waals surface area (Å²) < 4.78 is 3.72. The van der Waals surface area contributed by atoms with Crippen molar-refractivity contribution in [3.63, 3.8) is 0 Å². The van der Waals surface area contributed by atoms with Crippen LogP contribution in [0.15, 0.2) is 49.2 Å². The van der Waals surface area contributed by atoms with Gasteiger partial charge in [-0.1, -0.05) is 26.8 Å². The number of thiazole rings is 1. The molecular weight excluding hydrogens is 360 g/mol. The number of anilines is 1. The summed E-state index contributed by atoms with van der Waals surface area (Å²) in [4.78, 5) is 22.0. The number of amides is 1. The number of hydrogen-bond acceptors (Lipinski definition) is 5. The number of imidazole rings is 1. The fourth-order valence-electron chi connectivity index (χ4n) is 2.66. The van der Waals surface area contributed by atoms with Crippen LogP contribution in [0.25, 0.3) is 5.65 Å². The molecule has 1 amide bonds. The highest BCUT2D eigenvalue weighted by Crippen LogP contribution is 2.27. The zero-order chi connectivity index (χ0) is 19.0. The summed E-state index contributed by atoms with van der Waals surface area (Å²) in [6, 6.07) is 5.88. The van der Waals surface area contributed by atoms with Crippen LogP contribution in [-0.4, -0.2) is 30.1 Å². The zero-order valence-corrected chi connectivity index (χ0v) is 16.2. The molecule has 138 valence electrons. The van der Waals surface area contributed by atoms with Gasteiger partial charge < -0.3 is 9.72 Å². The molecule has 4 aromatic heterocycles. The lowest BCUT2D eigenvalue weighted by molar-refractivity contribution is 0.103. The van der Waals surface area contributed by atoms with Crippen molar-refractivity contribution < 1.29 is 4.79 Å². The van der Waals surface area contributed by atoms with Crippen molar-refractivity contribution in [1.82, 2.24) is 24.1 Å². The van der Waals surface area contributed by atoms with Crippen LogP contribution in [0.1, 0.15) is 41.1 Å². The van der Waals surface area contributed by atoms with Gasteiger partial charge >= 0.3 is 0 Å². The van der Waals surface area contributed by atoms with Crippen LogP contribution in [0, 0.1) is 0 Å². The third kappa shape index (κ3) is 3.75. The molecule has 0 aliphatic heterocycles. The number of aromatic nitrogens is 5. The first-order chi connectivity index (χ1) is 12.9. The van der Waals surface area contributed by atoms with Crippen LogP contribution >= 0.6 is 11.3 Å². The van der Waals surface area contributed by atoms with Crippen molar-refractivity contribution in [3.8, 4) is 0 Å². The lowest BCUT2D eigenvalue weighted by Crippen LogP contribution is -2.10. The Balaban J connectivity index is 1.44. The maximum absolute atomic E-state index is 12.4. The summed E-state index contributed by atoms with van der Waals surface area (Å²) in [5.41, 5.74) is 2.38. The van der Waals surface area contributed by atoms with Gasteiger partial charge in [-0.3, -0.25) is 9.48 Å². The molecule has 4 rings (SSSR count). The molecule has 4 heterocycles. The second-order valence-electron chi connectivity index (χ2n) is 7.36. The van der Waals surface area contributed by atoms with Crippen molar-refractivity contribution in [2.45, 2.75) is 32.7 Å². The maximum atomic E-state index is 12.4. The Morgan fingerprint density at radius 1 is 1.22 bits per heavy atom. The molecule has 0 fully saturated rings. The lowest BCUT2D eigenvalue weighted by Gasteiger charge is -2.13. The molecule has 0 radical (unpaired) electrons. The summed E-state index contributed by atoms with van der Waals surface area (Å²) in [7, 11) is 0. The molecular formula is C19H20N6OS. The monoisotopic (exact) mass is 380 g/mol. The summed E-state index contributed by atoms with van der Waals surface area (Å²) in [5.74, 6) is -0.171. The highest BCUT2D eigenvalue weighted by Gasteiger charge is 2.20. The largest absolute Gasteiger partial charge is 0.319 e. The fourth-order valence-corrected chi connectivity index (χ4v) is 3.53. The van der Waals surface area contributed by atoms with E-state index in [9.17, 15) is 4.79 Å². The number of nitrogens with zero attached hydrogens (tertiary/aromatic N) is 5. The van der Waals surface area contributed by atoms with Crippen LogP contribution < -0.4 is 5.32 Å². The van der Waals surface area contributed by atoms with E-state index in [0.29, 0.717) is 17.1 Å². The Labute approximate surface area is 160 Å². The van der Waals surface area contributed by atoms with Gasteiger partial charge in [-0.25, -0.2) is 9.97 Å². The molecule has 0 aromatic carbocycles. The van der Waals surface area contributed by atoms with E-state index in [1.54, 1.807) is 23.3 Å². The second kappa shape index (κ2) is 6.62. The molecule has 0 saturated heterocycles. The third-order valence-corrected chi connectivity index (χ3v) is 5.42. The number of hydrogen-bond donors (Lipinski definition) is 1. The summed E-state index contributed by atoms with van der Waals surface area (Å²) in [6.07, 6.45) is 9.00. The van der Waals surface area contributed by atoms with E-state index in [1.165, 1.54) is 11.3 Å². The van der Waals surface area contributed by atoms with E-state index >= 15 is 0 Å². The fraction of sp³-hybridized carbons (Fsp3) is 0.263. The number of fused-ring (bicyclic) bond motifs is 1. The molecule has 0 saturated carbocycles. The summed E-state index contributed by atoms with van der Waals surface area (Å²) in [6.45, 7) is 6.77. The normalized spacial score (nSPS) is 11.8. The van der Waals surface area contributed by atoms with Gasteiger partial charge in [0.25, 0.3) is 5.91 Å². The third-order valence-electron chi connectivity index (χ3n) is 4.00. The zero-order valence-electron chi connectivity index (χ0n) is 15.4. The molecule has 1 N–H and O–H groups in total. The number of carbonyl (C=O) groups excluding carboxylic acids is 1. The summed E-state index contributed by atoms with van der Waals surface area (Å²) in [5, 5.41) is 8.13. The maximum Gasteiger partial charge on any atom is 0.267 e. The van der Waals surface area contributed by atoms with Gasteiger partial charge in [0.2, 0.25) is 0 Å². The van der Waals surface area contributed by atoms with E-state index in [0.717, 1.165) is 16.3 Å². The number of carbonyl (C=O) groups is 1. The molecule has 0 spiro atoms. The first-order valence-corrected chi connectivity index (χ1v) is 9.43. The summed E-state index contributed by atoms with van der Waals surface area (Å²) >= 11 is 1.42. The van der Waals surface area contributed by atoms with Crippen molar-refractivity contribution in [1.29, 1.82) is 0 Å². The smallest absolute Gasteiger partial charge is 0.267 e. The number of nitrogens with one attached hydrogen (secondary N) is 1. The van der Waals surface area contributed by atoms with E-state index < -0.39 is 0 Å². The van der Waals surface area contributed by atoms with Gasteiger partial charge in [0, 0.05) is 24.0 Å². The minimum absolute atomic E-state index is 0.0673. The van der Waals surface area contributed by atoms with Crippen LogP contribution in [0.4, 0.5) is 5.69 Å². The van der Waals surface area contributed by atoms with Gasteiger partial charge in [0.1, 0.15) is 10.5 Å². The standard InChI is InChI=1S/C19H20N6OS/c1-19(2,3)18-20-9-15(27-18)17(26)23-13-8-21-25(11-13)12-14-10-24-7-5-4-6-16(24)22-14/h4-11H,12H2,1-3H3,(H,23,26). The van der Waals surface area contributed by atoms with Gasteiger partial charge in [-0.2, -0.15) is 5.10 Å². The average molecular weight is 380 g/mol. The van der Waals surface area contributed by atoms with Crippen molar-refractivity contribution in [2.24, 2.45) is 0 Å². The molecule has 0 unspecified atom stereocenters. The molecule has 0 aliphatic carbocycles. The van der Waals surface area contributed by atoms with Gasteiger partial charge in [0.05, 0.1) is 35.3 Å². The molecule has 8 heteroatoms. The molecule has 0 atom stereocenters. The average Bonchev–Trinajstić information content (AvgIpc) is 3.32. The van der Waals surface area contributed by atoms with Crippen LogP contribution in [-0.2, 0) is 12.0 Å². The molecule has 7 nitrogen and oxygen atoms in total. The highest BCUT2D eigenvalue weighted by molar-refractivity contribution is 7.13. The Bertz CT molecular complexity index is 1070. The van der Waals surface area contributed by atoms with Gasteiger partial charge in [-0.15, -0.1) is 11.3 Å². The minimum atomic E-state index is -0.171. The van der Waals surface area contributed by atoms with E-state index in [4.69, 9.17) is 0 Å². The Morgan fingerprint density at radius 3 is 2.81 bits per heavy atom. The lowest BCUT2D eigenvalue weighted by atomic mass is 9.98. The highest BCUT2D eigenvalue weighted by atomic mass is 32.1. The van der Waals surface area contributed by atoms with Crippen molar-refractivity contribution >= 4 is 28.6 Å². The van der Waals surface area contributed by atoms with Crippen molar-refractivity contribution in [3.05, 3.63) is 64.8 Å². The first-order valence-electron chi connectivity index (χ1n) is 8.61. The quantitative estimate of drug-likeness (QED) is 0.587. The second-order valence-corrected chi connectivity index (χ2v) is 8.39. The minimum Gasteiger partial charge on any atom is -0.319 e. The first kappa shape index (κ1) is 17.4. The predicted molar refractivity (Wildman–Crippen MR) is 105 cm³/mol.